The van der Waals surface area contributed by atoms with Crippen molar-refractivity contribution in [1.82, 2.24) is 9.97 Å². The van der Waals surface area contributed by atoms with Crippen LogP contribution < -0.4 is 0 Å². The molecule has 0 saturated heterocycles. The van der Waals surface area contributed by atoms with Crippen LogP contribution in [0.2, 0.25) is 0 Å². The fourth-order valence-electron chi connectivity index (χ4n) is 3.74. The van der Waals surface area contributed by atoms with Gasteiger partial charge in [0.15, 0.2) is 0 Å². The lowest BCUT2D eigenvalue weighted by Gasteiger charge is -2.31. The van der Waals surface area contributed by atoms with Crippen LogP contribution >= 0.6 is 0 Å². The van der Waals surface area contributed by atoms with Crippen molar-refractivity contribution in [3.05, 3.63) is 12.4 Å². The van der Waals surface area contributed by atoms with Crippen molar-refractivity contribution >= 4 is 9.84 Å². The minimum absolute atomic E-state index is 0.127. The van der Waals surface area contributed by atoms with Crippen LogP contribution in [0, 0.1) is 17.3 Å². The second-order valence-electron chi connectivity index (χ2n) is 6.62. The quantitative estimate of drug-likeness (QED) is 0.895. The second-order valence-corrected chi connectivity index (χ2v) is 9.00. The lowest BCUT2D eigenvalue weighted by atomic mass is 9.90. The highest BCUT2D eigenvalue weighted by Crippen LogP contribution is 2.67. The summed E-state index contributed by atoms with van der Waals surface area (Å²) >= 11 is 0. The second kappa shape index (κ2) is 3.38. The average molecular weight is 268 g/mol. The molecule has 2 saturated carbocycles. The van der Waals surface area contributed by atoms with Crippen molar-refractivity contribution in [3.8, 4) is 0 Å². The van der Waals surface area contributed by atoms with Gasteiger partial charge in [0.25, 0.3) is 0 Å². The van der Waals surface area contributed by atoms with Gasteiger partial charge in [-0.1, -0.05) is 13.8 Å². The largest absolute Gasteiger partial charge is 0.336 e. The molecule has 4 nitrogen and oxygen atoms in total. The highest BCUT2D eigenvalue weighted by atomic mass is 32.2. The first-order valence-corrected chi connectivity index (χ1v) is 8.01. The maximum atomic E-state index is 12.7. The molecule has 3 unspecified atom stereocenters. The van der Waals surface area contributed by atoms with Gasteiger partial charge in [-0.05, 0) is 43.4 Å². The van der Waals surface area contributed by atoms with E-state index in [1.165, 1.54) is 6.20 Å². The Morgan fingerprint density at radius 3 is 2.61 bits per heavy atom. The van der Waals surface area contributed by atoms with Crippen LogP contribution in [-0.2, 0) is 9.84 Å². The number of aromatic amines is 1. The number of aromatic nitrogens is 2. The molecule has 0 radical (unpaired) electrons. The van der Waals surface area contributed by atoms with Gasteiger partial charge in [0.05, 0.1) is 4.75 Å². The number of sulfone groups is 1. The molecular formula is C13H20N2O2S. The van der Waals surface area contributed by atoms with Crippen LogP contribution in [0.4, 0.5) is 0 Å². The van der Waals surface area contributed by atoms with Crippen LogP contribution in [0.15, 0.2) is 17.6 Å². The summed E-state index contributed by atoms with van der Waals surface area (Å²) in [5.74, 6) is 1.28. The van der Waals surface area contributed by atoms with Crippen molar-refractivity contribution in [1.29, 1.82) is 0 Å². The summed E-state index contributed by atoms with van der Waals surface area (Å²) in [4.78, 5) is 6.69. The first-order valence-electron chi connectivity index (χ1n) is 6.53. The summed E-state index contributed by atoms with van der Waals surface area (Å²) in [6, 6.07) is 0. The number of fused-ring (bicyclic) bond motifs is 1. The monoisotopic (exact) mass is 268 g/mol. The Hall–Kier alpha value is -0.840. The van der Waals surface area contributed by atoms with E-state index in [0.29, 0.717) is 11.3 Å². The first-order chi connectivity index (χ1) is 8.29. The Labute approximate surface area is 108 Å². The van der Waals surface area contributed by atoms with Gasteiger partial charge in [0, 0.05) is 12.4 Å². The minimum Gasteiger partial charge on any atom is -0.336 e. The van der Waals surface area contributed by atoms with Crippen LogP contribution in [0.5, 0.6) is 0 Å². The van der Waals surface area contributed by atoms with Crippen molar-refractivity contribution in [2.24, 2.45) is 17.3 Å². The molecule has 1 N–H and O–H groups in total. The zero-order chi connectivity index (χ0) is 13.2. The molecule has 0 aliphatic heterocycles. The lowest BCUT2D eigenvalue weighted by molar-refractivity contribution is 0.377. The number of hydrogen-bond donors (Lipinski definition) is 1. The van der Waals surface area contributed by atoms with Gasteiger partial charge in [-0.2, -0.15) is 0 Å². The molecule has 2 fully saturated rings. The topological polar surface area (TPSA) is 62.8 Å². The highest BCUT2D eigenvalue weighted by molar-refractivity contribution is 7.92. The maximum Gasteiger partial charge on any atom is 0.225 e. The van der Waals surface area contributed by atoms with Gasteiger partial charge in [0.1, 0.15) is 0 Å². The van der Waals surface area contributed by atoms with E-state index in [1.807, 2.05) is 6.92 Å². The summed E-state index contributed by atoms with van der Waals surface area (Å²) in [5, 5.41) is 0.127. The molecule has 1 aromatic rings. The fraction of sp³-hybridized carbons (Fsp3) is 0.769. The third-order valence-corrected chi connectivity index (χ3v) is 7.70. The van der Waals surface area contributed by atoms with Gasteiger partial charge in [-0.15, -0.1) is 0 Å². The standard InChI is InChI=1S/C13H20N2O2S/c1-12(2)9-4-5-13(3,8-10(9)12)18(16,17)11-14-6-7-15-11/h6-7,9-10H,4-5,8H2,1-3H3,(H,14,15). The van der Waals surface area contributed by atoms with E-state index in [4.69, 9.17) is 0 Å². The molecule has 0 aromatic carbocycles. The summed E-state index contributed by atoms with van der Waals surface area (Å²) in [7, 11) is -3.34. The van der Waals surface area contributed by atoms with Crippen LogP contribution in [0.3, 0.4) is 0 Å². The van der Waals surface area contributed by atoms with Crippen LogP contribution in [0.25, 0.3) is 0 Å². The van der Waals surface area contributed by atoms with Crippen molar-refractivity contribution < 1.29 is 8.42 Å². The molecule has 1 aromatic heterocycles. The van der Waals surface area contributed by atoms with E-state index in [0.717, 1.165) is 25.2 Å². The fourth-order valence-corrected chi connectivity index (χ4v) is 5.41. The summed E-state index contributed by atoms with van der Waals surface area (Å²) in [6.07, 6.45) is 5.62. The molecule has 1 heterocycles. The zero-order valence-electron chi connectivity index (χ0n) is 11.1. The van der Waals surface area contributed by atoms with E-state index in [-0.39, 0.29) is 5.16 Å². The molecule has 0 amide bonds. The minimum atomic E-state index is -3.34. The molecular weight excluding hydrogens is 248 g/mol. The Morgan fingerprint density at radius 1 is 1.33 bits per heavy atom. The Morgan fingerprint density at radius 2 is 2.06 bits per heavy atom. The Balaban J connectivity index is 1.93. The van der Waals surface area contributed by atoms with Crippen molar-refractivity contribution in [2.45, 2.75) is 49.9 Å². The molecule has 3 atom stereocenters. The van der Waals surface area contributed by atoms with E-state index < -0.39 is 14.6 Å². The molecule has 3 rings (SSSR count). The normalized spacial score (nSPS) is 38.2. The van der Waals surface area contributed by atoms with Gasteiger partial charge < -0.3 is 4.98 Å². The molecule has 100 valence electrons. The molecule has 5 heteroatoms. The number of nitrogens with zero attached hydrogens (tertiary/aromatic N) is 1. The van der Waals surface area contributed by atoms with Gasteiger partial charge in [-0.25, -0.2) is 13.4 Å². The SMILES string of the molecule is CC1(C)C2CCC(C)(S(=O)(=O)c3ncc[nH]3)CC21. The Kier molecular flexibility index (Phi) is 2.29. The van der Waals surface area contributed by atoms with Crippen molar-refractivity contribution in [2.75, 3.05) is 0 Å². The molecule has 0 bridgehead atoms. The summed E-state index contributed by atoms with van der Waals surface area (Å²) < 4.78 is 24.6. The lowest BCUT2D eigenvalue weighted by Crippen LogP contribution is -2.38. The maximum absolute atomic E-state index is 12.7. The predicted molar refractivity (Wildman–Crippen MR) is 68.8 cm³/mol. The number of imidazole rings is 1. The Bertz CT molecular complexity index is 562. The van der Waals surface area contributed by atoms with E-state index >= 15 is 0 Å². The van der Waals surface area contributed by atoms with Crippen LogP contribution in [-0.4, -0.2) is 23.1 Å². The van der Waals surface area contributed by atoms with E-state index in [9.17, 15) is 8.42 Å². The van der Waals surface area contributed by atoms with E-state index in [2.05, 4.69) is 23.8 Å². The number of nitrogens with one attached hydrogen (secondary N) is 1. The number of H-pyrrole nitrogens is 1. The van der Waals surface area contributed by atoms with Crippen molar-refractivity contribution in [3.63, 3.8) is 0 Å². The number of hydrogen-bond acceptors (Lipinski definition) is 3. The van der Waals surface area contributed by atoms with Gasteiger partial charge in [-0.3, -0.25) is 0 Å². The first kappa shape index (κ1) is 12.2. The molecule has 2 aliphatic carbocycles. The molecule has 0 spiro atoms. The van der Waals surface area contributed by atoms with Gasteiger partial charge >= 0.3 is 0 Å². The number of rotatable bonds is 2. The smallest absolute Gasteiger partial charge is 0.225 e. The van der Waals surface area contributed by atoms with Crippen LogP contribution in [0.1, 0.15) is 40.0 Å². The third-order valence-electron chi connectivity index (χ3n) is 5.30. The average Bonchev–Trinajstić information content (AvgIpc) is 2.75. The van der Waals surface area contributed by atoms with Gasteiger partial charge in [0.2, 0.25) is 15.0 Å². The summed E-state index contributed by atoms with van der Waals surface area (Å²) in [5.41, 5.74) is 0.330. The highest BCUT2D eigenvalue weighted by Gasteiger charge is 2.63. The summed E-state index contributed by atoms with van der Waals surface area (Å²) in [6.45, 7) is 6.40. The molecule has 2 aliphatic rings. The predicted octanol–water partition coefficient (Wildman–Crippen LogP) is 2.40. The molecule has 18 heavy (non-hydrogen) atoms. The zero-order valence-corrected chi connectivity index (χ0v) is 11.9. The third kappa shape index (κ3) is 1.43. The van der Waals surface area contributed by atoms with E-state index in [1.54, 1.807) is 6.20 Å².